The van der Waals surface area contributed by atoms with Gasteiger partial charge in [-0.1, -0.05) is 0 Å². The number of amides is 3. The number of imide groups is 1. The van der Waals surface area contributed by atoms with E-state index in [-0.39, 0.29) is 24.0 Å². The standard InChI is InChI=1S/C25H29N3O6S/c1-14-13-26(22(30)33-24(2,3)4)19-18-15-9-8-12-27(32)16(15)10-11-17(18)35-20(19)21(29)28(14)23(31)34-25(5,6)7/h8-12,14H,13H2,1-7H3/i1D. The molecule has 3 amide bonds. The summed E-state index contributed by atoms with van der Waals surface area (Å²) in [5.74, 6) is -0.664. The van der Waals surface area contributed by atoms with Gasteiger partial charge in [-0.2, -0.15) is 4.73 Å². The van der Waals surface area contributed by atoms with Crippen molar-refractivity contribution in [2.45, 2.75) is 65.7 Å². The van der Waals surface area contributed by atoms with Crippen LogP contribution in [0.2, 0.25) is 0 Å². The number of thiophene rings is 1. The number of carbonyl (C=O) groups excluding carboxylic acids is 3. The highest BCUT2D eigenvalue weighted by Crippen LogP contribution is 2.44. The quantitative estimate of drug-likeness (QED) is 0.310. The fraction of sp³-hybridized carbons (Fsp3) is 0.440. The molecule has 0 bridgehead atoms. The van der Waals surface area contributed by atoms with Gasteiger partial charge in [-0.15, -0.1) is 11.3 Å². The molecule has 1 atom stereocenters. The molecule has 186 valence electrons. The second-order valence-electron chi connectivity index (χ2n) is 10.4. The van der Waals surface area contributed by atoms with Crippen molar-refractivity contribution in [3.05, 3.63) is 40.5 Å². The number of pyridine rings is 1. The highest BCUT2D eigenvalue weighted by atomic mass is 32.1. The summed E-state index contributed by atoms with van der Waals surface area (Å²) in [5, 5.41) is 13.6. The Kier molecular flexibility index (Phi) is 5.58. The van der Waals surface area contributed by atoms with Crippen LogP contribution in [0.5, 0.6) is 0 Å². The number of ether oxygens (including phenoxy) is 2. The summed E-state index contributed by atoms with van der Waals surface area (Å²) in [6, 6.07) is 5.73. The second-order valence-corrected chi connectivity index (χ2v) is 11.4. The van der Waals surface area contributed by atoms with Crippen LogP contribution in [0, 0.1) is 5.21 Å². The van der Waals surface area contributed by atoms with Crippen LogP contribution in [0.25, 0.3) is 21.0 Å². The Labute approximate surface area is 208 Å². The van der Waals surface area contributed by atoms with Crippen molar-refractivity contribution in [3.8, 4) is 0 Å². The van der Waals surface area contributed by atoms with Crippen molar-refractivity contribution in [2.24, 2.45) is 0 Å². The summed E-state index contributed by atoms with van der Waals surface area (Å²) in [4.78, 5) is 42.9. The SMILES string of the molecule is [2H]CC1CN(C(=O)OC(C)(C)C)c2c(sc3ccc4c(ccc[n+]4[O-])c23)C(=O)N1C(=O)OC(C)(C)C. The van der Waals surface area contributed by atoms with Crippen molar-refractivity contribution in [1.29, 1.82) is 0 Å². The van der Waals surface area contributed by atoms with Gasteiger partial charge in [0, 0.05) is 23.6 Å². The third-order valence-electron chi connectivity index (χ3n) is 5.22. The average molecular weight is 501 g/mol. The fourth-order valence-corrected chi connectivity index (χ4v) is 5.09. The molecule has 1 aliphatic rings. The van der Waals surface area contributed by atoms with E-state index in [0.717, 1.165) is 21.0 Å². The number of fused-ring (bicyclic) bond motifs is 5. The number of rotatable bonds is 0. The number of aromatic nitrogens is 1. The first-order valence-corrected chi connectivity index (χ1v) is 12.0. The van der Waals surface area contributed by atoms with Crippen molar-refractivity contribution in [1.82, 2.24) is 4.90 Å². The summed E-state index contributed by atoms with van der Waals surface area (Å²) >= 11 is 1.11. The monoisotopic (exact) mass is 500 g/mol. The molecule has 0 radical (unpaired) electrons. The summed E-state index contributed by atoms with van der Waals surface area (Å²) in [7, 11) is 0. The van der Waals surface area contributed by atoms with Crippen LogP contribution in [-0.4, -0.2) is 46.8 Å². The molecule has 9 nitrogen and oxygen atoms in total. The Morgan fingerprint density at radius 2 is 1.77 bits per heavy atom. The smallest absolute Gasteiger partial charge is 0.417 e. The van der Waals surface area contributed by atoms with E-state index in [1.165, 1.54) is 11.1 Å². The summed E-state index contributed by atoms with van der Waals surface area (Å²) in [6.07, 6.45) is -0.235. The first kappa shape index (κ1) is 23.3. The number of carbonyl (C=O) groups is 3. The molecule has 4 rings (SSSR count). The normalized spacial score (nSPS) is 17.3. The van der Waals surface area contributed by atoms with Crippen LogP contribution in [0.1, 0.15) is 59.5 Å². The van der Waals surface area contributed by atoms with E-state index < -0.39 is 35.3 Å². The maximum atomic E-state index is 13.9. The molecule has 1 unspecified atom stereocenters. The number of hydrogen-bond donors (Lipinski definition) is 0. The first-order valence-electron chi connectivity index (χ1n) is 11.9. The van der Waals surface area contributed by atoms with Gasteiger partial charge in [0.05, 0.1) is 23.7 Å². The third kappa shape index (κ3) is 4.62. The van der Waals surface area contributed by atoms with Gasteiger partial charge in [-0.05, 0) is 60.6 Å². The predicted molar refractivity (Wildman–Crippen MR) is 134 cm³/mol. The molecular formula is C25H29N3O6S. The van der Waals surface area contributed by atoms with Crippen LogP contribution < -0.4 is 9.63 Å². The summed E-state index contributed by atoms with van der Waals surface area (Å²) in [6.45, 7) is 9.73. The number of nitrogens with zero attached hydrogens (tertiary/aromatic N) is 3. The Morgan fingerprint density at radius 3 is 2.40 bits per heavy atom. The van der Waals surface area contributed by atoms with Gasteiger partial charge in [0.25, 0.3) is 5.91 Å². The maximum absolute atomic E-state index is 13.9. The lowest BCUT2D eigenvalue weighted by Gasteiger charge is -2.31. The molecule has 0 saturated heterocycles. The lowest BCUT2D eigenvalue weighted by atomic mass is 10.1. The molecule has 3 aromatic rings. The zero-order chi connectivity index (χ0) is 26.6. The largest absolute Gasteiger partial charge is 0.618 e. The van der Waals surface area contributed by atoms with Crippen molar-refractivity contribution >= 4 is 56.1 Å². The van der Waals surface area contributed by atoms with Crippen LogP contribution in [0.3, 0.4) is 0 Å². The molecule has 3 heterocycles. The predicted octanol–water partition coefficient (Wildman–Crippen LogP) is 5.21. The second kappa shape index (κ2) is 8.37. The van der Waals surface area contributed by atoms with E-state index in [9.17, 15) is 19.6 Å². The summed E-state index contributed by atoms with van der Waals surface area (Å²) < 4.78 is 20.6. The van der Waals surface area contributed by atoms with Crippen LogP contribution >= 0.6 is 11.3 Å². The number of benzene rings is 1. The van der Waals surface area contributed by atoms with Crippen LogP contribution in [0.15, 0.2) is 30.5 Å². The van der Waals surface area contributed by atoms with Gasteiger partial charge >= 0.3 is 12.2 Å². The fourth-order valence-electron chi connectivity index (χ4n) is 3.94. The van der Waals surface area contributed by atoms with E-state index in [4.69, 9.17) is 10.8 Å². The highest BCUT2D eigenvalue weighted by molar-refractivity contribution is 7.21. The zero-order valence-electron chi connectivity index (χ0n) is 21.6. The Morgan fingerprint density at radius 1 is 1.11 bits per heavy atom. The van der Waals surface area contributed by atoms with Gasteiger partial charge in [0.2, 0.25) is 5.52 Å². The van der Waals surface area contributed by atoms with E-state index in [0.29, 0.717) is 21.0 Å². The van der Waals surface area contributed by atoms with Crippen LogP contribution in [0.4, 0.5) is 15.3 Å². The van der Waals surface area contributed by atoms with Crippen molar-refractivity contribution < 1.29 is 30.0 Å². The Balaban J connectivity index is 2.00. The lowest BCUT2D eigenvalue weighted by Crippen LogP contribution is -2.49. The van der Waals surface area contributed by atoms with Crippen LogP contribution in [-0.2, 0) is 9.47 Å². The Hall–Kier alpha value is -3.40. The third-order valence-corrected chi connectivity index (χ3v) is 6.35. The Bertz CT molecular complexity index is 1370. The molecule has 0 aliphatic carbocycles. The van der Waals surface area contributed by atoms with Crippen molar-refractivity contribution in [3.63, 3.8) is 0 Å². The average Bonchev–Trinajstić information content (AvgIpc) is 3.08. The molecular weight excluding hydrogens is 470 g/mol. The molecule has 0 spiro atoms. The molecule has 0 fully saturated rings. The molecule has 1 aromatic carbocycles. The first-order chi connectivity index (χ1) is 16.7. The topological polar surface area (TPSA) is 103 Å². The molecule has 2 aromatic heterocycles. The van der Waals surface area contributed by atoms with Crippen molar-refractivity contribution in [2.75, 3.05) is 11.4 Å². The van der Waals surface area contributed by atoms with E-state index >= 15 is 0 Å². The zero-order valence-corrected chi connectivity index (χ0v) is 21.4. The molecule has 0 N–H and O–H groups in total. The van der Waals surface area contributed by atoms with E-state index in [2.05, 4.69) is 0 Å². The minimum absolute atomic E-state index is 0.131. The minimum Gasteiger partial charge on any atom is -0.618 e. The molecule has 35 heavy (non-hydrogen) atoms. The van der Waals surface area contributed by atoms with Gasteiger partial charge in [0.15, 0.2) is 6.20 Å². The van der Waals surface area contributed by atoms with E-state index in [1.807, 2.05) is 0 Å². The van der Waals surface area contributed by atoms with Gasteiger partial charge in [-0.3, -0.25) is 9.69 Å². The number of anilines is 1. The molecule has 10 heteroatoms. The highest BCUT2D eigenvalue weighted by Gasteiger charge is 2.42. The minimum atomic E-state index is -0.978. The van der Waals surface area contributed by atoms with Gasteiger partial charge in [-0.25, -0.2) is 14.5 Å². The molecule has 0 saturated carbocycles. The number of hydrogen-bond acceptors (Lipinski definition) is 7. The lowest BCUT2D eigenvalue weighted by molar-refractivity contribution is -0.576. The summed E-state index contributed by atoms with van der Waals surface area (Å²) in [5.41, 5.74) is -1.08. The van der Waals surface area contributed by atoms with Gasteiger partial charge < -0.3 is 14.7 Å². The van der Waals surface area contributed by atoms with Gasteiger partial charge in [0.1, 0.15) is 16.1 Å². The molecule has 1 aliphatic heterocycles. The van der Waals surface area contributed by atoms with E-state index in [1.54, 1.807) is 65.8 Å². The maximum Gasteiger partial charge on any atom is 0.417 e.